The number of hydrogen-bond acceptors (Lipinski definition) is 4. The Labute approximate surface area is 115 Å². The second-order valence-corrected chi connectivity index (χ2v) is 5.82. The van der Waals surface area contributed by atoms with Crippen LogP contribution in [-0.2, 0) is 9.59 Å². The minimum absolute atomic E-state index is 0.0603. The molecule has 0 aliphatic carbocycles. The Balaban J connectivity index is 1.88. The van der Waals surface area contributed by atoms with Crippen molar-refractivity contribution in [2.45, 2.75) is 19.8 Å². The summed E-state index contributed by atoms with van der Waals surface area (Å²) in [5, 5.41) is 9.86. The number of rotatable bonds is 3. The van der Waals surface area contributed by atoms with E-state index >= 15 is 0 Å². The molecule has 19 heavy (non-hydrogen) atoms. The monoisotopic (exact) mass is 280 g/mol. The highest BCUT2D eigenvalue weighted by Gasteiger charge is 2.25. The summed E-state index contributed by atoms with van der Waals surface area (Å²) in [7, 11) is 0. The second-order valence-electron chi connectivity index (χ2n) is 4.55. The lowest BCUT2D eigenvalue weighted by Crippen LogP contribution is -2.39. The van der Waals surface area contributed by atoms with E-state index in [1.54, 1.807) is 17.2 Å². The van der Waals surface area contributed by atoms with Gasteiger partial charge in [0.1, 0.15) is 0 Å². The van der Waals surface area contributed by atoms with Gasteiger partial charge < -0.3 is 10.0 Å². The van der Waals surface area contributed by atoms with Crippen molar-refractivity contribution in [1.29, 1.82) is 0 Å². The zero-order valence-corrected chi connectivity index (χ0v) is 11.5. The summed E-state index contributed by atoms with van der Waals surface area (Å²) in [6.45, 7) is 2.95. The van der Waals surface area contributed by atoms with Gasteiger partial charge in [-0.1, -0.05) is 0 Å². The molecular formula is C13H16N2O3S. The number of hydrogen-bond donors (Lipinski definition) is 1. The highest BCUT2D eigenvalue weighted by Crippen LogP contribution is 2.18. The maximum absolute atomic E-state index is 11.9. The van der Waals surface area contributed by atoms with E-state index in [-0.39, 0.29) is 11.8 Å². The third-order valence-electron chi connectivity index (χ3n) is 3.19. The number of aromatic nitrogens is 1. The molecule has 2 heterocycles. The maximum atomic E-state index is 11.9. The van der Waals surface area contributed by atoms with Gasteiger partial charge in [0.05, 0.1) is 10.9 Å². The number of piperidine rings is 1. The quantitative estimate of drug-likeness (QED) is 0.857. The standard InChI is InChI=1S/C13H16N2O3S/c1-9-14-8-11(19-9)2-3-12(16)15-6-4-10(5-7-15)13(17)18/h2-3,8,10H,4-7H2,1H3,(H,17,18). The SMILES string of the molecule is Cc1ncc(C=CC(=O)N2CCC(C(=O)O)CC2)s1. The average molecular weight is 280 g/mol. The number of thiazole rings is 1. The zero-order chi connectivity index (χ0) is 13.8. The summed E-state index contributed by atoms with van der Waals surface area (Å²) in [4.78, 5) is 29.5. The molecule has 5 nitrogen and oxygen atoms in total. The molecule has 0 aromatic carbocycles. The molecule has 1 aliphatic rings. The van der Waals surface area contributed by atoms with Crippen molar-refractivity contribution in [1.82, 2.24) is 9.88 Å². The first kappa shape index (κ1) is 13.7. The van der Waals surface area contributed by atoms with Crippen molar-refractivity contribution in [3.8, 4) is 0 Å². The predicted molar refractivity (Wildman–Crippen MR) is 72.8 cm³/mol. The molecule has 0 radical (unpaired) electrons. The lowest BCUT2D eigenvalue weighted by atomic mass is 9.97. The number of aryl methyl sites for hydroxylation is 1. The molecule has 1 N–H and O–H groups in total. The van der Waals surface area contributed by atoms with Crippen LogP contribution < -0.4 is 0 Å². The smallest absolute Gasteiger partial charge is 0.306 e. The summed E-state index contributed by atoms with van der Waals surface area (Å²) in [5.74, 6) is -1.13. The number of carboxylic acid groups (broad SMARTS) is 1. The number of aliphatic carboxylic acids is 1. The van der Waals surface area contributed by atoms with E-state index in [2.05, 4.69) is 4.98 Å². The average Bonchev–Trinajstić information content (AvgIpc) is 2.82. The third kappa shape index (κ3) is 3.64. The van der Waals surface area contributed by atoms with Crippen LogP contribution in [0.15, 0.2) is 12.3 Å². The van der Waals surface area contributed by atoms with Crippen molar-refractivity contribution in [3.63, 3.8) is 0 Å². The molecule has 1 amide bonds. The van der Waals surface area contributed by atoms with Gasteiger partial charge in [-0.05, 0) is 25.8 Å². The molecule has 2 rings (SSSR count). The Hall–Kier alpha value is -1.69. The number of nitrogens with zero attached hydrogens (tertiary/aromatic N) is 2. The largest absolute Gasteiger partial charge is 0.481 e. The summed E-state index contributed by atoms with van der Waals surface area (Å²) >= 11 is 1.53. The molecule has 0 spiro atoms. The molecule has 0 atom stereocenters. The van der Waals surface area contributed by atoms with Crippen molar-refractivity contribution in [2.24, 2.45) is 5.92 Å². The lowest BCUT2D eigenvalue weighted by molar-refractivity contribution is -0.144. The molecule has 0 saturated carbocycles. The van der Waals surface area contributed by atoms with Gasteiger partial charge in [0.15, 0.2) is 0 Å². The van der Waals surface area contributed by atoms with Crippen LogP contribution >= 0.6 is 11.3 Å². The number of amides is 1. The summed E-state index contributed by atoms with van der Waals surface area (Å²) in [6, 6.07) is 0. The Morgan fingerprint density at radius 2 is 2.16 bits per heavy atom. The van der Waals surface area contributed by atoms with Gasteiger partial charge in [0, 0.05) is 30.2 Å². The van der Waals surface area contributed by atoms with Crippen LogP contribution in [0, 0.1) is 12.8 Å². The lowest BCUT2D eigenvalue weighted by Gasteiger charge is -2.29. The van der Waals surface area contributed by atoms with E-state index in [1.165, 1.54) is 17.4 Å². The molecule has 1 saturated heterocycles. The Morgan fingerprint density at radius 1 is 1.47 bits per heavy atom. The van der Waals surface area contributed by atoms with E-state index in [0.717, 1.165) is 9.88 Å². The molecule has 1 aromatic heterocycles. The number of likely N-dealkylation sites (tertiary alicyclic amines) is 1. The van der Waals surface area contributed by atoms with E-state index in [9.17, 15) is 9.59 Å². The van der Waals surface area contributed by atoms with Crippen molar-refractivity contribution in [2.75, 3.05) is 13.1 Å². The van der Waals surface area contributed by atoms with E-state index in [4.69, 9.17) is 5.11 Å². The first-order chi connectivity index (χ1) is 9.06. The molecule has 1 aromatic rings. The highest BCUT2D eigenvalue weighted by atomic mass is 32.1. The molecule has 1 aliphatic heterocycles. The van der Waals surface area contributed by atoms with Gasteiger partial charge in [-0.15, -0.1) is 11.3 Å². The highest BCUT2D eigenvalue weighted by molar-refractivity contribution is 7.12. The summed E-state index contributed by atoms with van der Waals surface area (Å²) in [6.07, 6.45) is 6.11. The number of carboxylic acids is 1. The Bertz CT molecular complexity index is 502. The number of carbonyl (C=O) groups excluding carboxylic acids is 1. The molecule has 0 bridgehead atoms. The Kier molecular flexibility index (Phi) is 4.31. The molecule has 0 unspecified atom stereocenters. The van der Waals surface area contributed by atoms with Crippen LogP contribution in [-0.4, -0.2) is 40.0 Å². The maximum Gasteiger partial charge on any atom is 0.306 e. The van der Waals surface area contributed by atoms with Crippen LogP contribution in [0.2, 0.25) is 0 Å². The molecule has 102 valence electrons. The van der Waals surface area contributed by atoms with Gasteiger partial charge in [-0.25, -0.2) is 4.98 Å². The summed E-state index contributed by atoms with van der Waals surface area (Å²) in [5.41, 5.74) is 0. The third-order valence-corrected chi connectivity index (χ3v) is 4.06. The van der Waals surface area contributed by atoms with Gasteiger partial charge in [0.2, 0.25) is 5.91 Å². The van der Waals surface area contributed by atoms with Crippen molar-refractivity contribution in [3.05, 3.63) is 22.2 Å². The summed E-state index contributed by atoms with van der Waals surface area (Å²) < 4.78 is 0. The van der Waals surface area contributed by atoms with E-state index in [0.29, 0.717) is 25.9 Å². The number of carbonyl (C=O) groups is 2. The minimum Gasteiger partial charge on any atom is -0.481 e. The van der Waals surface area contributed by atoms with Gasteiger partial charge in [-0.3, -0.25) is 9.59 Å². The molecule has 6 heteroatoms. The predicted octanol–water partition coefficient (Wildman–Crippen LogP) is 1.79. The first-order valence-corrected chi connectivity index (χ1v) is 7.00. The van der Waals surface area contributed by atoms with Crippen LogP contribution in [0.1, 0.15) is 22.7 Å². The fraction of sp³-hybridized carbons (Fsp3) is 0.462. The Morgan fingerprint density at radius 3 is 2.68 bits per heavy atom. The van der Waals surface area contributed by atoms with Crippen LogP contribution in [0.5, 0.6) is 0 Å². The molecular weight excluding hydrogens is 264 g/mol. The van der Waals surface area contributed by atoms with Gasteiger partial charge >= 0.3 is 5.97 Å². The van der Waals surface area contributed by atoms with Crippen LogP contribution in [0.4, 0.5) is 0 Å². The minimum atomic E-state index is -0.761. The topological polar surface area (TPSA) is 70.5 Å². The second kappa shape index (κ2) is 5.97. The zero-order valence-electron chi connectivity index (χ0n) is 10.7. The van der Waals surface area contributed by atoms with Crippen molar-refractivity contribution >= 4 is 29.3 Å². The fourth-order valence-corrected chi connectivity index (χ4v) is 2.75. The van der Waals surface area contributed by atoms with Crippen LogP contribution in [0.25, 0.3) is 6.08 Å². The van der Waals surface area contributed by atoms with E-state index in [1.807, 2.05) is 6.92 Å². The van der Waals surface area contributed by atoms with Crippen LogP contribution in [0.3, 0.4) is 0 Å². The van der Waals surface area contributed by atoms with E-state index < -0.39 is 5.97 Å². The van der Waals surface area contributed by atoms with Gasteiger partial charge in [-0.2, -0.15) is 0 Å². The van der Waals surface area contributed by atoms with Gasteiger partial charge in [0.25, 0.3) is 0 Å². The fourth-order valence-electron chi connectivity index (χ4n) is 2.06. The van der Waals surface area contributed by atoms with Crippen molar-refractivity contribution < 1.29 is 14.7 Å². The first-order valence-electron chi connectivity index (χ1n) is 6.18. The molecule has 1 fully saturated rings. The normalized spacial score (nSPS) is 17.0.